The molecule has 186 valence electrons. The predicted molar refractivity (Wildman–Crippen MR) is 136 cm³/mol. The first kappa shape index (κ1) is 23.7. The number of pyridine rings is 1. The summed E-state index contributed by atoms with van der Waals surface area (Å²) in [5.74, 6) is 0.268. The van der Waals surface area contributed by atoms with Gasteiger partial charge in [-0.15, -0.1) is 0 Å². The smallest absolute Gasteiger partial charge is 0.324 e. The van der Waals surface area contributed by atoms with E-state index < -0.39 is 11.8 Å². The molecule has 0 unspecified atom stereocenters. The number of ether oxygens (including phenoxy) is 1. The first-order valence-electron chi connectivity index (χ1n) is 12.0. The van der Waals surface area contributed by atoms with E-state index in [1.165, 1.54) is 32.1 Å². The van der Waals surface area contributed by atoms with E-state index in [0.29, 0.717) is 53.1 Å². The van der Waals surface area contributed by atoms with Crippen LogP contribution in [0.2, 0.25) is 0 Å². The number of rotatable bonds is 6. The number of benzene rings is 2. The number of urea groups is 1. The summed E-state index contributed by atoms with van der Waals surface area (Å²) in [4.78, 5) is 34.2. The summed E-state index contributed by atoms with van der Waals surface area (Å²) in [5.41, 5.74) is 2.43. The second kappa shape index (κ2) is 10.3. The molecule has 8 nitrogen and oxygen atoms in total. The number of hydrogen-bond acceptors (Lipinski definition) is 5. The minimum Gasteiger partial charge on any atom is -0.496 e. The van der Waals surface area contributed by atoms with E-state index in [1.54, 1.807) is 48.7 Å². The summed E-state index contributed by atoms with van der Waals surface area (Å²) in [6.45, 7) is 3.25. The molecule has 2 aromatic carbocycles. The molecule has 1 aromatic heterocycles. The number of amides is 3. The van der Waals surface area contributed by atoms with Crippen molar-refractivity contribution < 1.29 is 18.7 Å². The Morgan fingerprint density at radius 3 is 2.56 bits per heavy atom. The lowest BCUT2D eigenvalue weighted by atomic mass is 10.1. The van der Waals surface area contributed by atoms with Crippen molar-refractivity contribution >= 4 is 23.4 Å². The fourth-order valence-electron chi connectivity index (χ4n) is 4.49. The van der Waals surface area contributed by atoms with Crippen LogP contribution in [0.15, 0.2) is 60.8 Å². The van der Waals surface area contributed by atoms with Crippen LogP contribution in [0.1, 0.15) is 23.2 Å². The number of carbonyl (C=O) groups excluding carboxylic acids is 2. The van der Waals surface area contributed by atoms with Gasteiger partial charge in [-0.25, -0.2) is 14.2 Å². The van der Waals surface area contributed by atoms with Crippen molar-refractivity contribution in [2.24, 2.45) is 0 Å². The zero-order valence-electron chi connectivity index (χ0n) is 20.0. The number of carbonyl (C=O) groups is 2. The van der Waals surface area contributed by atoms with Gasteiger partial charge in [-0.05, 0) is 60.9 Å². The number of anilines is 2. The lowest BCUT2D eigenvalue weighted by molar-refractivity contribution is 0.0627. The summed E-state index contributed by atoms with van der Waals surface area (Å²) < 4.78 is 18.8. The van der Waals surface area contributed by atoms with Gasteiger partial charge in [0, 0.05) is 61.3 Å². The summed E-state index contributed by atoms with van der Waals surface area (Å²) >= 11 is 0. The Balaban J connectivity index is 1.22. The molecule has 1 saturated carbocycles. The monoisotopic (exact) mass is 489 g/mol. The number of methoxy groups -OCH3 is 1. The summed E-state index contributed by atoms with van der Waals surface area (Å²) in [5, 5.41) is 5.47. The summed E-state index contributed by atoms with van der Waals surface area (Å²) in [6, 6.07) is 14.8. The quantitative estimate of drug-likeness (QED) is 0.534. The Morgan fingerprint density at radius 2 is 1.81 bits per heavy atom. The molecule has 0 radical (unpaired) electrons. The van der Waals surface area contributed by atoms with E-state index >= 15 is 0 Å². The molecule has 1 aliphatic heterocycles. The number of nitrogens with one attached hydrogen (secondary N) is 2. The van der Waals surface area contributed by atoms with Gasteiger partial charge in [-0.2, -0.15) is 0 Å². The third kappa shape index (κ3) is 5.46. The zero-order valence-corrected chi connectivity index (χ0v) is 20.0. The van der Waals surface area contributed by atoms with Gasteiger partial charge in [0.1, 0.15) is 17.4 Å². The number of hydrogen-bond donors (Lipinski definition) is 2. The van der Waals surface area contributed by atoms with Crippen LogP contribution >= 0.6 is 0 Å². The van der Waals surface area contributed by atoms with Gasteiger partial charge in [0.2, 0.25) is 0 Å². The van der Waals surface area contributed by atoms with E-state index in [2.05, 4.69) is 20.5 Å². The van der Waals surface area contributed by atoms with Gasteiger partial charge in [0.15, 0.2) is 0 Å². The highest BCUT2D eigenvalue weighted by Gasteiger charge is 2.32. The molecule has 0 spiro atoms. The Kier molecular flexibility index (Phi) is 6.81. The molecule has 5 rings (SSSR count). The van der Waals surface area contributed by atoms with Gasteiger partial charge in [-0.3, -0.25) is 15.0 Å². The molecule has 2 fully saturated rings. The van der Waals surface area contributed by atoms with Crippen molar-refractivity contribution in [3.8, 4) is 16.9 Å². The Morgan fingerprint density at radius 1 is 1.00 bits per heavy atom. The molecule has 0 atom stereocenters. The molecule has 3 aromatic rings. The fraction of sp³-hybridized carbons (Fsp3) is 0.296. The average Bonchev–Trinajstić information content (AvgIpc) is 3.74. The van der Waals surface area contributed by atoms with Crippen LogP contribution in [-0.4, -0.2) is 66.1 Å². The number of piperazine rings is 1. The first-order valence-corrected chi connectivity index (χ1v) is 12.0. The Bertz CT molecular complexity index is 1270. The molecule has 2 N–H and O–H groups in total. The summed E-state index contributed by atoms with van der Waals surface area (Å²) in [6.07, 6.45) is 4.09. The maximum absolute atomic E-state index is 13.6. The molecule has 3 amide bonds. The molecule has 1 aliphatic carbocycles. The van der Waals surface area contributed by atoms with Gasteiger partial charge in [0.05, 0.1) is 7.11 Å². The predicted octanol–water partition coefficient (Wildman–Crippen LogP) is 4.46. The minimum atomic E-state index is -0.492. The van der Waals surface area contributed by atoms with Crippen molar-refractivity contribution in [2.45, 2.75) is 18.9 Å². The highest BCUT2D eigenvalue weighted by molar-refractivity contribution is 6.01. The Labute approximate surface area is 209 Å². The zero-order chi connectivity index (χ0) is 25.1. The van der Waals surface area contributed by atoms with Crippen LogP contribution in [0.25, 0.3) is 11.1 Å². The van der Waals surface area contributed by atoms with Crippen LogP contribution in [0.4, 0.5) is 20.7 Å². The van der Waals surface area contributed by atoms with Crippen molar-refractivity contribution in [3.63, 3.8) is 0 Å². The van der Waals surface area contributed by atoms with Gasteiger partial charge < -0.3 is 15.0 Å². The Hall–Kier alpha value is -3.98. The highest BCUT2D eigenvalue weighted by Crippen LogP contribution is 2.31. The fourth-order valence-corrected chi connectivity index (χ4v) is 4.49. The lowest BCUT2D eigenvalue weighted by Crippen LogP contribution is -2.49. The average molecular weight is 490 g/mol. The standard InChI is InChI=1S/C27H28FN5O3/c1-36-24-17-20(28)5-8-23(24)18-9-10-29-25(16-18)31-27(35)30-21-4-2-3-19(15-21)26(34)33-13-11-32(12-14-33)22-6-7-22/h2-5,8-10,15-17,22H,6-7,11-14H2,1H3,(H2,29,30,31,35). The molecule has 1 saturated heterocycles. The second-order valence-corrected chi connectivity index (χ2v) is 8.99. The van der Waals surface area contributed by atoms with Crippen molar-refractivity contribution in [3.05, 3.63) is 72.2 Å². The maximum Gasteiger partial charge on any atom is 0.324 e. The van der Waals surface area contributed by atoms with E-state index in [1.807, 2.05) is 4.90 Å². The molecule has 2 aliphatic rings. The topological polar surface area (TPSA) is 86.8 Å². The van der Waals surface area contributed by atoms with Crippen molar-refractivity contribution in [1.29, 1.82) is 0 Å². The van der Waals surface area contributed by atoms with Crippen LogP contribution in [0, 0.1) is 5.82 Å². The molecular weight excluding hydrogens is 461 g/mol. The minimum absolute atomic E-state index is 0.0304. The largest absolute Gasteiger partial charge is 0.496 e. The van der Waals surface area contributed by atoms with Crippen LogP contribution in [-0.2, 0) is 0 Å². The highest BCUT2D eigenvalue weighted by atomic mass is 19.1. The van der Waals surface area contributed by atoms with Gasteiger partial charge >= 0.3 is 6.03 Å². The van der Waals surface area contributed by atoms with E-state index in [-0.39, 0.29) is 5.91 Å². The number of halogens is 1. The normalized spacial score (nSPS) is 15.9. The van der Waals surface area contributed by atoms with Crippen molar-refractivity contribution in [2.75, 3.05) is 43.9 Å². The third-order valence-electron chi connectivity index (χ3n) is 6.51. The molecule has 2 heterocycles. The van der Waals surface area contributed by atoms with Crippen LogP contribution in [0.5, 0.6) is 5.75 Å². The second-order valence-electron chi connectivity index (χ2n) is 8.99. The number of aromatic nitrogens is 1. The van der Waals surface area contributed by atoms with Gasteiger partial charge in [0.25, 0.3) is 5.91 Å². The SMILES string of the molecule is COc1cc(F)ccc1-c1ccnc(NC(=O)Nc2cccc(C(=O)N3CCN(C4CC4)CC3)c2)c1. The molecule has 0 bridgehead atoms. The number of nitrogens with zero attached hydrogens (tertiary/aromatic N) is 3. The van der Waals surface area contributed by atoms with Crippen LogP contribution in [0.3, 0.4) is 0 Å². The van der Waals surface area contributed by atoms with E-state index in [4.69, 9.17) is 4.74 Å². The maximum atomic E-state index is 13.6. The third-order valence-corrected chi connectivity index (χ3v) is 6.51. The van der Waals surface area contributed by atoms with Crippen molar-refractivity contribution in [1.82, 2.24) is 14.8 Å². The lowest BCUT2D eigenvalue weighted by Gasteiger charge is -2.34. The molecule has 36 heavy (non-hydrogen) atoms. The van der Waals surface area contributed by atoms with Gasteiger partial charge in [-0.1, -0.05) is 6.07 Å². The summed E-state index contributed by atoms with van der Waals surface area (Å²) in [7, 11) is 1.47. The van der Waals surface area contributed by atoms with E-state index in [0.717, 1.165) is 13.1 Å². The van der Waals surface area contributed by atoms with Crippen LogP contribution < -0.4 is 15.4 Å². The molecule has 9 heteroatoms. The first-order chi connectivity index (χ1) is 17.5. The van der Waals surface area contributed by atoms with E-state index in [9.17, 15) is 14.0 Å². The molecular formula is C27H28FN5O3.